The molecule has 15 atom stereocenters. The fourth-order valence-electron chi connectivity index (χ4n) is 11.3. The number of esters is 1. The molecule has 77 heavy (non-hydrogen) atoms. The molecule has 2 saturated heterocycles. The number of amides is 2. The number of aliphatic hydroxyl groups is 2. The number of ketones is 3. The van der Waals surface area contributed by atoms with E-state index in [1.807, 2.05) is 88.4 Å². The zero-order valence-corrected chi connectivity index (χ0v) is 48.0. The molecule has 5 rings (SSSR count). The first kappa shape index (κ1) is 63.3. The van der Waals surface area contributed by atoms with E-state index in [1.54, 1.807) is 52.8 Å². The molecule has 17 heteroatoms. The standard InChI is InChI=1S/C60H88N2O14S/c1-37-19-13-11-14-20-38(2)50(71-8)35-45-26-24-43(7)60(70,76-45)56(66)57(67)62-29-18-17-23-47(62)58(68)74-51(36-48(63)39(3)32-42(6)54(65)55(73-10)53(64)41(5)31-37)40(4)33-44-25-27-49(52(34-44)72-9)75-59(69)61-28-30-77-46-21-15-12-16-22-46/h11-16,19-22,32,37,39-41,43-45,47,49-52,54-55,65,70H,17-18,23-31,33-36H2,1-10H3,(H,61,69)/b14-11+,19-13+,38-20+,42-32+/t37?,39?,40?,41-,43-,44?,45?,47+,49-,50?,51?,52?,54-,55?,60-/m1/s1. The summed E-state index contributed by atoms with van der Waals surface area (Å²) in [6, 6.07) is 8.74. The van der Waals surface area contributed by atoms with E-state index in [9.17, 15) is 39.0 Å². The van der Waals surface area contributed by atoms with Crippen molar-refractivity contribution < 1.29 is 67.4 Å². The highest BCUT2D eigenvalue weighted by Crippen LogP contribution is 2.38. The van der Waals surface area contributed by atoms with Crippen molar-refractivity contribution in [1.29, 1.82) is 0 Å². The summed E-state index contributed by atoms with van der Waals surface area (Å²) >= 11 is 1.63. The number of benzene rings is 1. The minimum atomic E-state index is -2.45. The number of hydrogen-bond donors (Lipinski definition) is 3. The van der Waals surface area contributed by atoms with Gasteiger partial charge >= 0.3 is 12.1 Å². The molecule has 1 saturated carbocycles. The number of methoxy groups -OCH3 is 3. The van der Waals surface area contributed by atoms with Gasteiger partial charge in [-0.2, -0.15) is 0 Å². The Morgan fingerprint density at radius 3 is 2.31 bits per heavy atom. The zero-order chi connectivity index (χ0) is 56.4. The van der Waals surface area contributed by atoms with E-state index in [1.165, 1.54) is 12.0 Å². The summed E-state index contributed by atoms with van der Waals surface area (Å²) in [4.78, 5) is 86.7. The third-order valence-electron chi connectivity index (χ3n) is 16.1. The molecule has 3 heterocycles. The van der Waals surface area contributed by atoms with Crippen molar-refractivity contribution in [1.82, 2.24) is 10.2 Å². The van der Waals surface area contributed by atoms with Crippen LogP contribution in [0.3, 0.4) is 0 Å². The van der Waals surface area contributed by atoms with Crippen molar-refractivity contribution in [2.24, 2.45) is 35.5 Å². The summed E-state index contributed by atoms with van der Waals surface area (Å²) in [7, 11) is 4.53. The molecular formula is C60H88N2O14S. The number of fused-ring (bicyclic) bond motifs is 3. The number of ether oxygens (including phenoxy) is 6. The molecule has 16 nitrogen and oxygen atoms in total. The van der Waals surface area contributed by atoms with E-state index in [0.717, 1.165) is 10.5 Å². The summed E-state index contributed by atoms with van der Waals surface area (Å²) in [6.07, 6.45) is 10.2. The van der Waals surface area contributed by atoms with Crippen LogP contribution in [-0.2, 0) is 52.4 Å². The second kappa shape index (κ2) is 30.8. The molecule has 1 aliphatic carbocycles. The SMILES string of the molecule is COC1CC2CC[C@@H](C)[C@@](O)(O2)C(=O)C(=O)N2CCCC[C@H]2C(=O)OC(C(C)CC2CC[C@@H](OC(=O)NCCSc3ccccc3)C(OC)C2)CC(=O)C(C)/C=C(\C)[C@@H](O)C(OC)C(=O)[C@H](C)CC(C)/C=C/C=C/C=C/1C. The van der Waals surface area contributed by atoms with Crippen molar-refractivity contribution in [3.05, 3.63) is 77.9 Å². The van der Waals surface area contributed by atoms with Gasteiger partial charge in [0.05, 0.1) is 18.3 Å². The Balaban J connectivity index is 1.39. The number of piperidine rings is 1. The lowest BCUT2D eigenvalue weighted by Gasteiger charge is -2.42. The van der Waals surface area contributed by atoms with Gasteiger partial charge in [0.25, 0.3) is 11.7 Å². The third-order valence-corrected chi connectivity index (χ3v) is 17.1. The number of nitrogens with zero attached hydrogens (tertiary/aromatic N) is 1. The molecule has 0 radical (unpaired) electrons. The molecule has 0 aromatic heterocycles. The average Bonchev–Trinajstić information content (AvgIpc) is 3.42. The largest absolute Gasteiger partial charge is 0.460 e. The van der Waals surface area contributed by atoms with Gasteiger partial charge in [-0.05, 0) is 119 Å². The molecule has 0 spiro atoms. The van der Waals surface area contributed by atoms with E-state index in [4.69, 9.17) is 28.4 Å². The van der Waals surface area contributed by atoms with E-state index >= 15 is 0 Å². The molecule has 3 fully saturated rings. The smallest absolute Gasteiger partial charge is 0.407 e. The number of carbonyl (C=O) groups is 6. The van der Waals surface area contributed by atoms with Gasteiger partial charge in [0, 0.05) is 75.7 Å². The Kier molecular flexibility index (Phi) is 25.3. The van der Waals surface area contributed by atoms with E-state index < -0.39 is 102 Å². The van der Waals surface area contributed by atoms with E-state index in [0.29, 0.717) is 82.1 Å². The Bertz CT molecular complexity index is 2250. The van der Waals surface area contributed by atoms with Crippen LogP contribution in [0.1, 0.15) is 126 Å². The first-order valence-electron chi connectivity index (χ1n) is 27.8. The predicted molar refractivity (Wildman–Crippen MR) is 295 cm³/mol. The maximum Gasteiger partial charge on any atom is 0.407 e. The summed E-state index contributed by atoms with van der Waals surface area (Å²) in [5.74, 6) is -7.63. The number of Topliss-reactive ketones (excluding diaryl/α,β-unsaturated/α-hetero) is 3. The van der Waals surface area contributed by atoms with Crippen molar-refractivity contribution in [2.75, 3.05) is 40.2 Å². The monoisotopic (exact) mass is 1090 g/mol. The van der Waals surface area contributed by atoms with Crippen molar-refractivity contribution in [2.45, 2.75) is 185 Å². The van der Waals surface area contributed by atoms with Gasteiger partial charge in [-0.25, -0.2) is 9.59 Å². The quantitative estimate of drug-likeness (QED) is 0.0622. The van der Waals surface area contributed by atoms with Gasteiger partial charge < -0.3 is 48.9 Å². The fraction of sp³-hybridized carbons (Fsp3) is 0.667. The number of cyclic esters (lactones) is 1. The van der Waals surface area contributed by atoms with Crippen LogP contribution in [0.2, 0.25) is 0 Å². The molecule has 1 aromatic carbocycles. The van der Waals surface area contributed by atoms with Gasteiger partial charge in [0.15, 0.2) is 5.78 Å². The van der Waals surface area contributed by atoms with Gasteiger partial charge in [-0.3, -0.25) is 19.2 Å². The second-order valence-corrected chi connectivity index (χ2v) is 23.2. The Labute approximate surface area is 461 Å². The van der Waals surface area contributed by atoms with Crippen molar-refractivity contribution in [3.63, 3.8) is 0 Å². The molecule has 428 valence electrons. The number of alkyl carbamates (subject to hydrolysis) is 1. The molecule has 2 bridgehead atoms. The molecule has 4 aliphatic rings. The number of allylic oxidation sites excluding steroid dienone is 6. The van der Waals surface area contributed by atoms with Crippen LogP contribution in [0.25, 0.3) is 0 Å². The Hall–Kier alpha value is -4.49. The lowest BCUT2D eigenvalue weighted by atomic mass is 9.78. The van der Waals surface area contributed by atoms with Crippen LogP contribution in [0, 0.1) is 35.5 Å². The maximum atomic E-state index is 14.6. The zero-order valence-electron chi connectivity index (χ0n) is 47.2. The van der Waals surface area contributed by atoms with E-state index in [-0.39, 0.29) is 42.8 Å². The van der Waals surface area contributed by atoms with Crippen LogP contribution in [0.15, 0.2) is 82.8 Å². The van der Waals surface area contributed by atoms with Crippen LogP contribution < -0.4 is 5.32 Å². The Morgan fingerprint density at radius 2 is 1.61 bits per heavy atom. The minimum absolute atomic E-state index is 0.00319. The summed E-state index contributed by atoms with van der Waals surface area (Å²) in [6.45, 7) is 13.1. The number of rotatable bonds is 11. The molecule has 3 N–H and O–H groups in total. The average molecular weight is 1090 g/mol. The number of hydrogen-bond acceptors (Lipinski definition) is 15. The topological polar surface area (TPSA) is 214 Å². The van der Waals surface area contributed by atoms with Crippen LogP contribution in [0.5, 0.6) is 0 Å². The van der Waals surface area contributed by atoms with Crippen molar-refractivity contribution >= 4 is 47.1 Å². The number of carbonyl (C=O) groups excluding carboxylic acids is 6. The Morgan fingerprint density at radius 1 is 0.870 bits per heavy atom. The van der Waals surface area contributed by atoms with E-state index in [2.05, 4.69) is 5.32 Å². The first-order chi connectivity index (χ1) is 36.7. The van der Waals surface area contributed by atoms with Crippen LogP contribution >= 0.6 is 11.8 Å². The fourth-order valence-corrected chi connectivity index (χ4v) is 12.0. The molecule has 9 unspecified atom stereocenters. The number of nitrogens with one attached hydrogen (secondary N) is 1. The lowest BCUT2D eigenvalue weighted by molar-refractivity contribution is -0.265. The van der Waals surface area contributed by atoms with Gasteiger partial charge in [-0.15, -0.1) is 11.8 Å². The van der Waals surface area contributed by atoms with Gasteiger partial charge in [0.1, 0.15) is 36.2 Å². The molecule has 3 aliphatic heterocycles. The van der Waals surface area contributed by atoms with Gasteiger partial charge in [0.2, 0.25) is 5.79 Å². The van der Waals surface area contributed by atoms with Gasteiger partial charge in [-0.1, -0.05) is 89.3 Å². The summed E-state index contributed by atoms with van der Waals surface area (Å²) in [5, 5.41) is 26.4. The number of aliphatic hydroxyl groups excluding tert-OH is 1. The lowest BCUT2D eigenvalue weighted by Crippen LogP contribution is -2.61. The van der Waals surface area contributed by atoms with Crippen LogP contribution in [0.4, 0.5) is 4.79 Å². The highest BCUT2D eigenvalue weighted by atomic mass is 32.2. The summed E-state index contributed by atoms with van der Waals surface area (Å²) < 4.78 is 35.8. The third kappa shape index (κ3) is 18.0. The molecular weight excluding hydrogens is 1000 g/mol. The maximum absolute atomic E-state index is 14.6. The summed E-state index contributed by atoms with van der Waals surface area (Å²) in [5.41, 5.74) is 1.24. The predicted octanol–water partition coefficient (Wildman–Crippen LogP) is 8.71. The highest BCUT2D eigenvalue weighted by Gasteiger charge is 2.53. The second-order valence-electron chi connectivity index (χ2n) is 22.1. The van der Waals surface area contributed by atoms with Crippen molar-refractivity contribution in [3.8, 4) is 0 Å². The first-order valence-corrected chi connectivity index (χ1v) is 28.8. The molecule has 1 aromatic rings. The minimum Gasteiger partial charge on any atom is -0.460 e. The van der Waals surface area contributed by atoms with Crippen LogP contribution in [-0.4, -0.2) is 145 Å². The highest BCUT2D eigenvalue weighted by molar-refractivity contribution is 7.99. The normalized spacial score (nSPS) is 35.8. The number of thioether (sulfide) groups is 1. The molecule has 2 amide bonds.